The molecule has 5 rings (SSSR count). The maximum absolute atomic E-state index is 12.9. The summed E-state index contributed by atoms with van der Waals surface area (Å²) in [6, 6.07) is 21.0. The van der Waals surface area contributed by atoms with Crippen LogP contribution >= 0.6 is 0 Å². The van der Waals surface area contributed by atoms with Gasteiger partial charge in [0.15, 0.2) is 5.69 Å². The van der Waals surface area contributed by atoms with Crippen molar-refractivity contribution in [1.29, 1.82) is 0 Å². The van der Waals surface area contributed by atoms with Crippen molar-refractivity contribution in [2.24, 2.45) is 0 Å². The highest BCUT2D eigenvalue weighted by Crippen LogP contribution is 2.25. The lowest BCUT2D eigenvalue weighted by atomic mass is 9.90. The second-order valence-electron chi connectivity index (χ2n) is 7.93. The molecule has 0 bridgehead atoms. The van der Waals surface area contributed by atoms with Crippen LogP contribution in [0.2, 0.25) is 0 Å². The van der Waals surface area contributed by atoms with Gasteiger partial charge in [-0.3, -0.25) is 9.59 Å². The summed E-state index contributed by atoms with van der Waals surface area (Å²) in [4.78, 5) is 25.9. The van der Waals surface area contributed by atoms with E-state index in [0.29, 0.717) is 29.1 Å². The van der Waals surface area contributed by atoms with E-state index in [2.05, 4.69) is 40.0 Å². The van der Waals surface area contributed by atoms with E-state index < -0.39 is 0 Å². The molecule has 0 atom stereocenters. The van der Waals surface area contributed by atoms with Crippen LogP contribution in [0.25, 0.3) is 10.8 Å². The van der Waals surface area contributed by atoms with Gasteiger partial charge in [0, 0.05) is 45.3 Å². The predicted octanol–water partition coefficient (Wildman–Crippen LogP) is 2.54. The van der Waals surface area contributed by atoms with Crippen LogP contribution in [0.1, 0.15) is 38.5 Å². The molecule has 0 fully saturated rings. The van der Waals surface area contributed by atoms with E-state index in [-0.39, 0.29) is 29.5 Å². The number of carbonyl (C=O) groups is 2. The number of rotatable bonds is 8. The first kappa shape index (κ1) is 20.8. The lowest BCUT2D eigenvalue weighted by Crippen LogP contribution is -2.41. The monoisotopic (exact) mass is 441 g/mol. The topological polar surface area (TPSA) is 103 Å². The first-order valence-corrected chi connectivity index (χ1v) is 11.0. The molecule has 1 aliphatic carbocycles. The van der Waals surface area contributed by atoms with Crippen molar-refractivity contribution in [2.45, 2.75) is 13.0 Å². The Morgan fingerprint density at radius 1 is 0.848 bits per heavy atom. The summed E-state index contributed by atoms with van der Waals surface area (Å²) >= 11 is 0. The Hall–Kier alpha value is -4.04. The molecule has 0 radical (unpaired) electrons. The van der Waals surface area contributed by atoms with Crippen molar-refractivity contribution in [3.8, 4) is 0 Å². The van der Waals surface area contributed by atoms with Crippen LogP contribution in [-0.2, 0) is 6.54 Å². The van der Waals surface area contributed by atoms with Gasteiger partial charge in [-0.05, 0) is 24.4 Å². The minimum Gasteiger partial charge on any atom is -0.571 e. The van der Waals surface area contributed by atoms with Crippen molar-refractivity contribution >= 4 is 28.0 Å². The number of hydrogen-bond acceptors (Lipinski definition) is 6. The van der Waals surface area contributed by atoms with Gasteiger partial charge in [0.1, 0.15) is 0 Å². The summed E-state index contributed by atoms with van der Waals surface area (Å²) in [5, 5.41) is 25.3. The van der Waals surface area contributed by atoms with Gasteiger partial charge in [0.2, 0.25) is 17.3 Å². The average Bonchev–Trinajstić information content (AvgIpc) is 3.18. The SMILES string of the molecule is O=C1c2ccccc2C(=O)c2c1n[n+]([O-])n2CCCNCCNc1cccc2ccccc12. The fraction of sp³-hybridized carbons (Fsp3) is 0.200. The third kappa shape index (κ3) is 3.85. The van der Waals surface area contributed by atoms with Gasteiger partial charge >= 0.3 is 0 Å². The van der Waals surface area contributed by atoms with Crippen LogP contribution in [0.3, 0.4) is 0 Å². The second-order valence-corrected chi connectivity index (χ2v) is 7.93. The Bertz CT molecular complexity index is 1360. The maximum Gasteiger partial charge on any atom is 0.220 e. The van der Waals surface area contributed by atoms with Gasteiger partial charge < -0.3 is 15.8 Å². The van der Waals surface area contributed by atoms with Gasteiger partial charge in [-0.15, -0.1) is 4.68 Å². The third-order valence-corrected chi connectivity index (χ3v) is 5.85. The summed E-state index contributed by atoms with van der Waals surface area (Å²) in [6.07, 6.45) is 0.614. The highest BCUT2D eigenvalue weighted by molar-refractivity contribution is 6.26. The summed E-state index contributed by atoms with van der Waals surface area (Å²) in [5.74, 6) is -0.726. The number of anilines is 1. The Kier molecular flexibility index (Phi) is 5.58. The minimum atomic E-state index is -0.388. The molecule has 3 aromatic carbocycles. The molecule has 4 aromatic rings. The van der Waals surface area contributed by atoms with Crippen molar-refractivity contribution in [2.75, 3.05) is 25.0 Å². The molecule has 0 aliphatic heterocycles. The summed E-state index contributed by atoms with van der Waals surface area (Å²) < 4.78 is 1.25. The fourth-order valence-electron chi connectivity index (χ4n) is 4.25. The zero-order valence-electron chi connectivity index (χ0n) is 18.0. The molecule has 166 valence electrons. The van der Waals surface area contributed by atoms with Crippen molar-refractivity contribution in [1.82, 2.24) is 15.1 Å². The van der Waals surface area contributed by atoms with Crippen LogP contribution < -0.4 is 15.6 Å². The highest BCUT2D eigenvalue weighted by atomic mass is 16.5. The Balaban J connectivity index is 1.15. The van der Waals surface area contributed by atoms with Crippen LogP contribution in [0.4, 0.5) is 5.69 Å². The number of nitrogens with zero attached hydrogens (tertiary/aromatic N) is 3. The Morgan fingerprint density at radius 2 is 1.58 bits per heavy atom. The smallest absolute Gasteiger partial charge is 0.220 e. The Labute approximate surface area is 190 Å². The largest absolute Gasteiger partial charge is 0.571 e. The standard InChI is InChI=1S/C25H23N5O3/c31-24-19-10-3-4-11-20(19)25(32)23-22(24)28-30(33)29(23)16-6-13-26-14-15-27-21-12-5-8-17-7-1-2-9-18(17)21/h1-5,7-12,26-27H,6,13-16H2. The van der Waals surface area contributed by atoms with Gasteiger partial charge in [0.05, 0.1) is 6.54 Å². The van der Waals surface area contributed by atoms with Gasteiger partial charge in [-0.2, -0.15) is 0 Å². The van der Waals surface area contributed by atoms with Crippen molar-refractivity contribution in [3.05, 3.63) is 94.5 Å². The maximum atomic E-state index is 12.9. The first-order chi connectivity index (χ1) is 16.1. The molecular weight excluding hydrogens is 418 g/mol. The number of nitrogens with one attached hydrogen (secondary N) is 2. The van der Waals surface area contributed by atoms with Crippen molar-refractivity contribution < 1.29 is 14.5 Å². The summed E-state index contributed by atoms with van der Waals surface area (Å²) in [6.45, 7) is 2.44. The van der Waals surface area contributed by atoms with E-state index in [1.807, 2.05) is 18.2 Å². The van der Waals surface area contributed by atoms with Crippen LogP contribution in [0.5, 0.6) is 0 Å². The zero-order chi connectivity index (χ0) is 22.8. The van der Waals surface area contributed by atoms with Crippen LogP contribution in [0.15, 0.2) is 66.7 Å². The lowest BCUT2D eigenvalue weighted by molar-refractivity contribution is -0.749. The van der Waals surface area contributed by atoms with Gasteiger partial charge in [-0.25, -0.2) is 0 Å². The molecule has 33 heavy (non-hydrogen) atoms. The van der Waals surface area contributed by atoms with Gasteiger partial charge in [0.25, 0.3) is 0 Å². The van der Waals surface area contributed by atoms with E-state index in [1.165, 1.54) is 15.5 Å². The van der Waals surface area contributed by atoms with Crippen LogP contribution in [0, 0.1) is 5.21 Å². The molecule has 0 spiro atoms. The summed E-state index contributed by atoms with van der Waals surface area (Å²) in [7, 11) is 0. The molecule has 8 nitrogen and oxygen atoms in total. The summed E-state index contributed by atoms with van der Waals surface area (Å²) in [5.41, 5.74) is 1.71. The van der Waals surface area contributed by atoms with E-state index in [1.54, 1.807) is 24.3 Å². The van der Waals surface area contributed by atoms with Gasteiger partial charge in [-0.1, -0.05) is 60.7 Å². The molecule has 0 saturated carbocycles. The number of hydrogen-bond donors (Lipinski definition) is 2. The molecular formula is C25H23N5O3. The first-order valence-electron chi connectivity index (χ1n) is 11.0. The van der Waals surface area contributed by atoms with E-state index in [9.17, 15) is 14.8 Å². The lowest BCUT2D eigenvalue weighted by Gasteiger charge is -2.12. The quantitative estimate of drug-likeness (QED) is 0.218. The Morgan fingerprint density at radius 3 is 2.42 bits per heavy atom. The predicted molar refractivity (Wildman–Crippen MR) is 124 cm³/mol. The normalized spacial score (nSPS) is 12.6. The molecule has 1 aromatic heterocycles. The highest BCUT2D eigenvalue weighted by Gasteiger charge is 2.38. The number of carbonyl (C=O) groups excluding carboxylic acids is 2. The average molecular weight is 441 g/mol. The van der Waals surface area contributed by atoms with E-state index in [4.69, 9.17) is 0 Å². The third-order valence-electron chi connectivity index (χ3n) is 5.85. The second kappa shape index (κ2) is 8.84. The zero-order valence-corrected chi connectivity index (χ0v) is 18.0. The molecule has 1 aliphatic rings. The number of ketones is 2. The number of benzene rings is 3. The molecule has 0 unspecified atom stereocenters. The van der Waals surface area contributed by atoms with Crippen LogP contribution in [-0.4, -0.2) is 41.0 Å². The molecule has 2 N–H and O–H groups in total. The van der Waals surface area contributed by atoms with E-state index in [0.717, 1.165) is 18.8 Å². The number of fused-ring (bicyclic) bond motifs is 3. The fourth-order valence-corrected chi connectivity index (χ4v) is 4.25. The molecule has 8 heteroatoms. The van der Waals surface area contributed by atoms with Crippen molar-refractivity contribution in [3.63, 3.8) is 0 Å². The molecule has 0 saturated heterocycles. The molecule has 0 amide bonds. The van der Waals surface area contributed by atoms with E-state index >= 15 is 0 Å². The molecule has 1 heterocycles. The minimum absolute atomic E-state index is 0.0686. The number of aromatic nitrogens is 3.